The Hall–Kier alpha value is -0.570. The monoisotopic (exact) mass is 269 g/mol. The Labute approximate surface area is 118 Å². The molecule has 0 amide bonds. The van der Waals surface area contributed by atoms with E-state index in [1.807, 2.05) is 0 Å². The minimum Gasteiger partial charge on any atom is -0.468 e. The first-order valence-corrected chi connectivity index (χ1v) is 8.10. The Morgan fingerprint density at radius 3 is 2.21 bits per heavy atom. The van der Waals surface area contributed by atoms with Crippen LogP contribution in [0, 0.1) is 5.92 Å². The van der Waals surface area contributed by atoms with Crippen molar-refractivity contribution in [2.24, 2.45) is 5.92 Å². The summed E-state index contributed by atoms with van der Waals surface area (Å²) in [5, 5.41) is 3.37. The average Bonchev–Trinajstić information content (AvgIpc) is 3.25. The summed E-state index contributed by atoms with van der Waals surface area (Å²) < 4.78 is 4.85. The van der Waals surface area contributed by atoms with Crippen LogP contribution < -0.4 is 5.32 Å². The molecule has 1 aliphatic carbocycles. The molecule has 1 aliphatic rings. The number of rotatable bonds is 12. The van der Waals surface area contributed by atoms with Gasteiger partial charge < -0.3 is 10.1 Å². The van der Waals surface area contributed by atoms with Crippen LogP contribution in [0.25, 0.3) is 0 Å². The number of unbranched alkanes of at least 4 members (excludes halogenated alkanes) is 7. The second kappa shape index (κ2) is 10.2. The quantitative estimate of drug-likeness (QED) is 0.434. The van der Waals surface area contributed by atoms with E-state index >= 15 is 0 Å². The number of esters is 1. The molecule has 3 heteroatoms. The van der Waals surface area contributed by atoms with Crippen molar-refractivity contribution in [3.8, 4) is 0 Å². The van der Waals surface area contributed by atoms with Crippen LogP contribution in [-0.4, -0.2) is 25.7 Å². The predicted octanol–water partition coefficient (Wildman–Crippen LogP) is 3.67. The van der Waals surface area contributed by atoms with Gasteiger partial charge in [0.25, 0.3) is 0 Å². The van der Waals surface area contributed by atoms with Crippen LogP contribution in [0.3, 0.4) is 0 Å². The van der Waals surface area contributed by atoms with Gasteiger partial charge in [-0.3, -0.25) is 4.79 Å². The molecule has 3 nitrogen and oxygen atoms in total. The molecule has 0 saturated heterocycles. The third-order valence-corrected chi connectivity index (χ3v) is 3.94. The number of nitrogens with one attached hydrogen (secondary N) is 1. The van der Waals surface area contributed by atoms with Crippen molar-refractivity contribution < 1.29 is 9.53 Å². The van der Waals surface area contributed by atoms with Crippen LogP contribution >= 0.6 is 0 Å². The van der Waals surface area contributed by atoms with E-state index in [1.54, 1.807) is 0 Å². The highest BCUT2D eigenvalue weighted by molar-refractivity contribution is 5.76. The van der Waals surface area contributed by atoms with E-state index in [0.717, 1.165) is 6.54 Å². The van der Waals surface area contributed by atoms with Gasteiger partial charge in [0, 0.05) is 0 Å². The Kier molecular flexibility index (Phi) is 8.89. The van der Waals surface area contributed by atoms with Crippen molar-refractivity contribution in [2.45, 2.75) is 77.2 Å². The molecule has 1 fully saturated rings. The lowest BCUT2D eigenvalue weighted by atomic mass is 10.1. The highest BCUT2D eigenvalue weighted by Crippen LogP contribution is 2.33. The number of carbonyl (C=O) groups excluding carboxylic acids is 1. The molecule has 0 aliphatic heterocycles. The number of carbonyl (C=O) groups is 1. The number of hydrogen-bond acceptors (Lipinski definition) is 3. The smallest absolute Gasteiger partial charge is 0.323 e. The Morgan fingerprint density at radius 1 is 1.11 bits per heavy atom. The van der Waals surface area contributed by atoms with Crippen LogP contribution in [0.15, 0.2) is 0 Å². The minimum absolute atomic E-state index is 0.0467. The van der Waals surface area contributed by atoms with E-state index in [9.17, 15) is 4.79 Å². The van der Waals surface area contributed by atoms with Crippen LogP contribution in [0.2, 0.25) is 0 Å². The molecule has 1 N–H and O–H groups in total. The molecule has 0 aromatic heterocycles. The zero-order valence-electron chi connectivity index (χ0n) is 12.7. The highest BCUT2D eigenvalue weighted by Gasteiger charge is 2.36. The van der Waals surface area contributed by atoms with Gasteiger partial charge in [-0.2, -0.15) is 0 Å². The first kappa shape index (κ1) is 16.5. The van der Waals surface area contributed by atoms with Gasteiger partial charge in [0.15, 0.2) is 0 Å². The minimum atomic E-state index is -0.0814. The Morgan fingerprint density at radius 2 is 1.68 bits per heavy atom. The zero-order valence-corrected chi connectivity index (χ0v) is 12.7. The van der Waals surface area contributed by atoms with E-state index in [1.165, 1.54) is 71.3 Å². The Bertz CT molecular complexity index is 239. The topological polar surface area (TPSA) is 38.3 Å². The largest absolute Gasteiger partial charge is 0.468 e. The summed E-state index contributed by atoms with van der Waals surface area (Å²) >= 11 is 0. The first-order chi connectivity index (χ1) is 9.29. The fraction of sp³-hybridized carbons (Fsp3) is 0.938. The maximum atomic E-state index is 11.6. The Balaban J connectivity index is 1.93. The van der Waals surface area contributed by atoms with Crippen molar-refractivity contribution in [1.29, 1.82) is 0 Å². The van der Waals surface area contributed by atoms with Crippen molar-refractivity contribution in [1.82, 2.24) is 5.32 Å². The van der Waals surface area contributed by atoms with Gasteiger partial charge in [0.2, 0.25) is 0 Å². The van der Waals surface area contributed by atoms with E-state index in [4.69, 9.17) is 4.74 Å². The molecule has 0 aromatic rings. The molecule has 0 heterocycles. The molecule has 1 unspecified atom stereocenters. The lowest BCUT2D eigenvalue weighted by Crippen LogP contribution is -2.39. The lowest BCUT2D eigenvalue weighted by Gasteiger charge is -2.15. The first-order valence-electron chi connectivity index (χ1n) is 8.10. The predicted molar refractivity (Wildman–Crippen MR) is 79.1 cm³/mol. The van der Waals surface area contributed by atoms with Gasteiger partial charge in [-0.15, -0.1) is 0 Å². The zero-order chi connectivity index (χ0) is 13.9. The fourth-order valence-electron chi connectivity index (χ4n) is 2.52. The van der Waals surface area contributed by atoms with Gasteiger partial charge in [-0.1, -0.05) is 51.9 Å². The van der Waals surface area contributed by atoms with Crippen LogP contribution in [0.4, 0.5) is 0 Å². The molecule has 1 atom stereocenters. The summed E-state index contributed by atoms with van der Waals surface area (Å²) in [7, 11) is 1.48. The summed E-state index contributed by atoms with van der Waals surface area (Å²) in [6.45, 7) is 3.20. The van der Waals surface area contributed by atoms with E-state index in [-0.39, 0.29) is 12.0 Å². The van der Waals surface area contributed by atoms with E-state index in [2.05, 4.69) is 12.2 Å². The van der Waals surface area contributed by atoms with Gasteiger partial charge in [0.05, 0.1) is 7.11 Å². The lowest BCUT2D eigenvalue weighted by molar-refractivity contribution is -0.143. The third kappa shape index (κ3) is 7.56. The van der Waals surface area contributed by atoms with Crippen molar-refractivity contribution >= 4 is 5.97 Å². The van der Waals surface area contributed by atoms with Gasteiger partial charge >= 0.3 is 5.97 Å². The molecule has 19 heavy (non-hydrogen) atoms. The SMILES string of the molecule is CCCCCCCCCCNC(C(=O)OC)C1CC1. The number of methoxy groups -OCH3 is 1. The van der Waals surface area contributed by atoms with E-state index < -0.39 is 0 Å². The summed E-state index contributed by atoms with van der Waals surface area (Å²) in [6.07, 6.45) is 13.0. The van der Waals surface area contributed by atoms with E-state index in [0.29, 0.717) is 5.92 Å². The van der Waals surface area contributed by atoms with Gasteiger partial charge in [0.1, 0.15) is 6.04 Å². The molecule has 1 rings (SSSR count). The third-order valence-electron chi connectivity index (χ3n) is 3.94. The van der Waals surface area contributed by atoms with Gasteiger partial charge in [-0.05, 0) is 31.7 Å². The van der Waals surface area contributed by atoms with Crippen LogP contribution in [-0.2, 0) is 9.53 Å². The maximum Gasteiger partial charge on any atom is 0.323 e. The van der Waals surface area contributed by atoms with Gasteiger partial charge in [-0.25, -0.2) is 0 Å². The van der Waals surface area contributed by atoms with Crippen molar-refractivity contribution in [2.75, 3.05) is 13.7 Å². The van der Waals surface area contributed by atoms with Crippen molar-refractivity contribution in [3.05, 3.63) is 0 Å². The second-order valence-electron chi connectivity index (χ2n) is 5.77. The molecule has 0 spiro atoms. The van der Waals surface area contributed by atoms with Crippen LogP contribution in [0.5, 0.6) is 0 Å². The maximum absolute atomic E-state index is 11.6. The number of hydrogen-bond donors (Lipinski definition) is 1. The molecule has 0 aromatic carbocycles. The normalized spacial score (nSPS) is 16.3. The molecule has 112 valence electrons. The van der Waals surface area contributed by atoms with Crippen molar-refractivity contribution in [3.63, 3.8) is 0 Å². The fourth-order valence-corrected chi connectivity index (χ4v) is 2.52. The molecular formula is C16H31NO2. The number of ether oxygens (including phenoxy) is 1. The molecular weight excluding hydrogens is 238 g/mol. The molecule has 1 saturated carbocycles. The standard InChI is InChI=1S/C16H31NO2/c1-3-4-5-6-7-8-9-10-13-17-15(14-11-12-14)16(18)19-2/h14-15,17H,3-13H2,1-2H3. The summed E-state index contributed by atoms with van der Waals surface area (Å²) in [5.41, 5.74) is 0. The molecule has 0 bridgehead atoms. The second-order valence-corrected chi connectivity index (χ2v) is 5.77. The summed E-state index contributed by atoms with van der Waals surface area (Å²) in [4.78, 5) is 11.6. The average molecular weight is 269 g/mol. The highest BCUT2D eigenvalue weighted by atomic mass is 16.5. The van der Waals surface area contributed by atoms with Crippen LogP contribution in [0.1, 0.15) is 71.1 Å². The summed E-state index contributed by atoms with van der Waals surface area (Å²) in [5.74, 6) is 0.448. The summed E-state index contributed by atoms with van der Waals surface area (Å²) in [6, 6.07) is -0.0467. The molecule has 0 radical (unpaired) electrons.